The summed E-state index contributed by atoms with van der Waals surface area (Å²) >= 11 is 0. The summed E-state index contributed by atoms with van der Waals surface area (Å²) in [5.74, 6) is 0.158. The van der Waals surface area contributed by atoms with E-state index in [1.54, 1.807) is 18.2 Å². The second-order valence-corrected chi connectivity index (χ2v) is 5.12. The summed E-state index contributed by atoms with van der Waals surface area (Å²) < 4.78 is 0. The average Bonchev–Trinajstić information content (AvgIpc) is 2.55. The van der Waals surface area contributed by atoms with Crippen LogP contribution in [0.5, 0.6) is 5.75 Å². The van der Waals surface area contributed by atoms with E-state index in [4.69, 9.17) is 5.73 Å². The Balaban J connectivity index is 0.00000192. The van der Waals surface area contributed by atoms with Gasteiger partial charge in [-0.2, -0.15) is 5.26 Å². The number of hydrogen-bond acceptors (Lipinski definition) is 5. The van der Waals surface area contributed by atoms with Crippen molar-refractivity contribution in [3.63, 3.8) is 0 Å². The van der Waals surface area contributed by atoms with Crippen molar-refractivity contribution in [2.45, 2.75) is 12.6 Å². The largest absolute Gasteiger partial charge is 0.507 e. The van der Waals surface area contributed by atoms with Crippen molar-refractivity contribution in [2.75, 3.05) is 6.54 Å². The van der Waals surface area contributed by atoms with Gasteiger partial charge in [0, 0.05) is 23.9 Å². The molecule has 2 aromatic rings. The van der Waals surface area contributed by atoms with Crippen molar-refractivity contribution in [3.05, 3.63) is 53.7 Å². The highest BCUT2D eigenvalue weighted by Crippen LogP contribution is 2.31. The lowest BCUT2D eigenvalue weighted by atomic mass is 9.95. The van der Waals surface area contributed by atoms with Gasteiger partial charge in [-0.1, -0.05) is 18.2 Å². The number of phenols is 1. The van der Waals surface area contributed by atoms with Crippen LogP contribution in [0.4, 0.5) is 0 Å². The Hall–Kier alpha value is -2.39. The van der Waals surface area contributed by atoms with Gasteiger partial charge in [-0.15, -0.1) is 12.4 Å². The SMILES string of the molecule is Cl.N#Cc1cnc(-c2ccccc2O)cc1C1=CCCNC1N. The maximum Gasteiger partial charge on any atom is 0.124 e. The van der Waals surface area contributed by atoms with Crippen molar-refractivity contribution < 1.29 is 5.11 Å². The van der Waals surface area contributed by atoms with Gasteiger partial charge in [0.1, 0.15) is 11.8 Å². The molecule has 1 aromatic heterocycles. The van der Waals surface area contributed by atoms with Crippen LogP contribution in [0.15, 0.2) is 42.6 Å². The minimum absolute atomic E-state index is 0. The normalized spacial score (nSPS) is 16.9. The molecule has 1 unspecified atom stereocenters. The van der Waals surface area contributed by atoms with Gasteiger partial charge in [0.2, 0.25) is 0 Å². The number of rotatable bonds is 2. The third-order valence-electron chi connectivity index (χ3n) is 3.72. The van der Waals surface area contributed by atoms with E-state index in [0.717, 1.165) is 24.1 Å². The monoisotopic (exact) mass is 328 g/mol. The first-order chi connectivity index (χ1) is 10.7. The Bertz CT molecular complexity index is 782. The molecule has 1 aliphatic rings. The Morgan fingerprint density at radius 3 is 2.78 bits per heavy atom. The number of nitrogens with one attached hydrogen (secondary N) is 1. The van der Waals surface area contributed by atoms with Crippen molar-refractivity contribution in [1.82, 2.24) is 10.3 Å². The summed E-state index contributed by atoms with van der Waals surface area (Å²) in [7, 11) is 0. The zero-order valence-corrected chi connectivity index (χ0v) is 13.2. The highest BCUT2D eigenvalue weighted by molar-refractivity contribution is 5.85. The quantitative estimate of drug-likeness (QED) is 0.787. The fourth-order valence-corrected chi connectivity index (χ4v) is 2.60. The Morgan fingerprint density at radius 1 is 1.30 bits per heavy atom. The van der Waals surface area contributed by atoms with Crippen LogP contribution in [0.3, 0.4) is 0 Å². The maximum absolute atomic E-state index is 9.99. The molecule has 3 rings (SSSR count). The van der Waals surface area contributed by atoms with Gasteiger partial charge >= 0.3 is 0 Å². The standard InChI is InChI=1S/C17H16N4O.ClH/c18-9-11-10-21-15(13-4-1-2-6-16(13)22)8-14(11)12-5-3-7-20-17(12)19;/h1-2,4-6,8,10,17,20,22H,3,7,19H2;1H. The van der Waals surface area contributed by atoms with Crippen LogP contribution >= 0.6 is 12.4 Å². The molecule has 5 nitrogen and oxygen atoms in total. The number of benzene rings is 1. The van der Waals surface area contributed by atoms with Gasteiger partial charge in [-0.05, 0) is 30.2 Å². The molecule has 0 spiro atoms. The van der Waals surface area contributed by atoms with E-state index in [1.165, 1.54) is 6.20 Å². The molecule has 0 saturated heterocycles. The third-order valence-corrected chi connectivity index (χ3v) is 3.72. The number of aromatic nitrogens is 1. The Kier molecular flexibility index (Phi) is 5.35. The molecule has 0 bridgehead atoms. The van der Waals surface area contributed by atoms with Crippen LogP contribution in [0.1, 0.15) is 17.5 Å². The molecule has 1 aliphatic heterocycles. The number of nitrogens with zero attached hydrogens (tertiary/aromatic N) is 2. The predicted molar refractivity (Wildman–Crippen MR) is 91.9 cm³/mol. The van der Waals surface area contributed by atoms with E-state index in [2.05, 4.69) is 16.4 Å². The number of aromatic hydroxyl groups is 1. The van der Waals surface area contributed by atoms with Crippen molar-refractivity contribution in [2.24, 2.45) is 5.73 Å². The van der Waals surface area contributed by atoms with Crippen LogP contribution in [0, 0.1) is 11.3 Å². The van der Waals surface area contributed by atoms with Gasteiger partial charge in [0.05, 0.1) is 17.4 Å². The second-order valence-electron chi connectivity index (χ2n) is 5.12. The molecule has 0 radical (unpaired) electrons. The fraction of sp³-hybridized carbons (Fsp3) is 0.176. The molecule has 0 aliphatic carbocycles. The summed E-state index contributed by atoms with van der Waals surface area (Å²) in [6.45, 7) is 0.823. The van der Waals surface area contributed by atoms with E-state index < -0.39 is 0 Å². The summed E-state index contributed by atoms with van der Waals surface area (Å²) in [5.41, 5.74) is 9.47. The number of phenolic OH excluding ortho intramolecular Hbond substituents is 1. The molecule has 2 heterocycles. The number of halogens is 1. The summed E-state index contributed by atoms with van der Waals surface area (Å²) in [5, 5.41) is 22.5. The lowest BCUT2D eigenvalue weighted by Crippen LogP contribution is -2.41. The van der Waals surface area contributed by atoms with Crippen LogP contribution in [0.2, 0.25) is 0 Å². The van der Waals surface area contributed by atoms with Crippen LogP contribution in [-0.4, -0.2) is 22.8 Å². The zero-order valence-electron chi connectivity index (χ0n) is 12.4. The van der Waals surface area contributed by atoms with Gasteiger partial charge in [-0.3, -0.25) is 10.3 Å². The highest BCUT2D eigenvalue weighted by Gasteiger charge is 2.19. The van der Waals surface area contributed by atoms with Crippen LogP contribution in [-0.2, 0) is 0 Å². The summed E-state index contributed by atoms with van der Waals surface area (Å²) in [6, 6.07) is 11.0. The molecule has 0 amide bonds. The van der Waals surface area contributed by atoms with Crippen molar-refractivity contribution in [1.29, 1.82) is 5.26 Å². The third kappa shape index (κ3) is 3.35. The van der Waals surface area contributed by atoms with Crippen LogP contribution in [0.25, 0.3) is 16.8 Å². The molecule has 23 heavy (non-hydrogen) atoms. The summed E-state index contributed by atoms with van der Waals surface area (Å²) in [6.07, 6.45) is 4.13. The Morgan fingerprint density at radius 2 is 2.09 bits per heavy atom. The molecule has 0 saturated carbocycles. The lowest BCUT2D eigenvalue weighted by molar-refractivity contribution is 0.477. The number of para-hydroxylation sites is 1. The molecule has 1 aromatic carbocycles. The minimum Gasteiger partial charge on any atom is -0.507 e. The van der Waals surface area contributed by atoms with Gasteiger partial charge in [0.25, 0.3) is 0 Å². The van der Waals surface area contributed by atoms with E-state index in [-0.39, 0.29) is 24.3 Å². The number of nitriles is 1. The van der Waals surface area contributed by atoms with Crippen molar-refractivity contribution in [3.8, 4) is 23.1 Å². The maximum atomic E-state index is 9.99. The number of pyridine rings is 1. The minimum atomic E-state index is -0.305. The fourth-order valence-electron chi connectivity index (χ4n) is 2.60. The number of nitrogens with two attached hydrogens (primary N) is 1. The molecule has 118 valence electrons. The van der Waals surface area contributed by atoms with Crippen LogP contribution < -0.4 is 11.1 Å². The van der Waals surface area contributed by atoms with Gasteiger partial charge in [-0.25, -0.2) is 0 Å². The number of hydrogen-bond donors (Lipinski definition) is 3. The van der Waals surface area contributed by atoms with Gasteiger partial charge < -0.3 is 10.8 Å². The summed E-state index contributed by atoms with van der Waals surface area (Å²) in [4.78, 5) is 4.29. The van der Waals surface area contributed by atoms with E-state index in [0.29, 0.717) is 16.8 Å². The molecule has 6 heteroatoms. The molecule has 0 fully saturated rings. The Labute approximate surface area is 140 Å². The first kappa shape index (κ1) is 17.0. The van der Waals surface area contributed by atoms with E-state index >= 15 is 0 Å². The molecule has 1 atom stereocenters. The molecule has 4 N–H and O–H groups in total. The highest BCUT2D eigenvalue weighted by atomic mass is 35.5. The average molecular weight is 329 g/mol. The van der Waals surface area contributed by atoms with E-state index in [1.807, 2.05) is 18.2 Å². The lowest BCUT2D eigenvalue weighted by Gasteiger charge is -2.23. The second kappa shape index (κ2) is 7.25. The first-order valence-corrected chi connectivity index (χ1v) is 7.08. The predicted octanol–water partition coefficient (Wildman–Crippen LogP) is 2.41. The molecular weight excluding hydrogens is 312 g/mol. The molecular formula is C17H17ClN4O. The van der Waals surface area contributed by atoms with Crippen molar-refractivity contribution >= 4 is 18.0 Å². The zero-order chi connectivity index (χ0) is 15.5. The topological polar surface area (TPSA) is 95.0 Å². The van der Waals surface area contributed by atoms with Gasteiger partial charge in [0.15, 0.2) is 0 Å². The smallest absolute Gasteiger partial charge is 0.124 e. The van der Waals surface area contributed by atoms with E-state index in [9.17, 15) is 10.4 Å². The first-order valence-electron chi connectivity index (χ1n) is 7.08.